The number of anilines is 1. The van der Waals surface area contributed by atoms with Crippen LogP contribution in [0.15, 0.2) is 77.3 Å². The van der Waals surface area contributed by atoms with Gasteiger partial charge in [0.15, 0.2) is 0 Å². The average molecular weight is 593 g/mol. The van der Waals surface area contributed by atoms with E-state index in [2.05, 4.69) is 15.9 Å². The van der Waals surface area contributed by atoms with E-state index < -0.39 is 22.6 Å². The lowest BCUT2D eigenvalue weighted by Gasteiger charge is -2.30. The minimum absolute atomic E-state index is 0.0505. The minimum atomic E-state index is -0.606. The van der Waals surface area contributed by atoms with Crippen LogP contribution in [0, 0.1) is 17.0 Å². The molecular weight excluding hydrogens is 574 g/mol. The number of carbonyl (C=O) groups excluding carboxylic acids is 3. The van der Waals surface area contributed by atoms with Gasteiger partial charge in [-0.15, -0.1) is 0 Å². The molecule has 0 aromatic heterocycles. The van der Waals surface area contributed by atoms with E-state index in [9.17, 15) is 24.5 Å². The van der Waals surface area contributed by atoms with Gasteiger partial charge in [-0.3, -0.25) is 29.4 Å². The molecule has 0 spiro atoms. The summed E-state index contributed by atoms with van der Waals surface area (Å²) in [6.07, 6.45) is 0. The molecule has 3 amide bonds. The SMILES string of the molecule is Cc1cccc(N(CCN2C(=O)c3cccc4c(Br)ccc(c34)C2=O)C(=O)c2cc([N+](=O)[O-])ccc2Cl)c1. The molecule has 0 radical (unpaired) electrons. The van der Waals surface area contributed by atoms with Crippen molar-refractivity contribution in [1.29, 1.82) is 0 Å². The van der Waals surface area contributed by atoms with Gasteiger partial charge in [-0.1, -0.05) is 51.8 Å². The third-order valence-corrected chi connectivity index (χ3v) is 7.46. The molecule has 1 aliphatic rings. The number of benzene rings is 4. The second-order valence-electron chi connectivity index (χ2n) is 8.80. The molecule has 190 valence electrons. The lowest BCUT2D eigenvalue weighted by Crippen LogP contribution is -2.46. The number of nitrogens with zero attached hydrogens (tertiary/aromatic N) is 3. The van der Waals surface area contributed by atoms with E-state index in [-0.39, 0.29) is 29.4 Å². The summed E-state index contributed by atoms with van der Waals surface area (Å²) in [6.45, 7) is 1.70. The Morgan fingerprint density at radius 2 is 1.71 bits per heavy atom. The van der Waals surface area contributed by atoms with Crippen molar-refractivity contribution in [3.05, 3.63) is 115 Å². The number of hydrogen-bond donors (Lipinski definition) is 0. The Morgan fingerprint density at radius 1 is 1.00 bits per heavy atom. The number of aryl methyl sites for hydroxylation is 1. The van der Waals surface area contributed by atoms with Crippen molar-refractivity contribution in [2.75, 3.05) is 18.0 Å². The van der Waals surface area contributed by atoms with Gasteiger partial charge in [0, 0.05) is 51.9 Å². The van der Waals surface area contributed by atoms with Crippen molar-refractivity contribution in [3.63, 3.8) is 0 Å². The highest BCUT2D eigenvalue weighted by Gasteiger charge is 2.34. The molecule has 0 atom stereocenters. The van der Waals surface area contributed by atoms with Crippen molar-refractivity contribution < 1.29 is 19.3 Å². The Morgan fingerprint density at radius 3 is 2.42 bits per heavy atom. The van der Waals surface area contributed by atoms with Crippen molar-refractivity contribution in [2.45, 2.75) is 6.92 Å². The van der Waals surface area contributed by atoms with Crippen molar-refractivity contribution in [3.8, 4) is 0 Å². The Labute approximate surface area is 230 Å². The zero-order valence-electron chi connectivity index (χ0n) is 20.0. The quantitative estimate of drug-likeness (QED) is 0.146. The van der Waals surface area contributed by atoms with E-state index in [1.165, 1.54) is 17.0 Å². The zero-order chi connectivity index (χ0) is 27.1. The molecule has 0 saturated carbocycles. The number of nitro groups is 1. The first-order valence-electron chi connectivity index (χ1n) is 11.6. The fourth-order valence-corrected chi connectivity index (χ4v) is 5.25. The lowest BCUT2D eigenvalue weighted by molar-refractivity contribution is -0.384. The van der Waals surface area contributed by atoms with Crippen LogP contribution >= 0.6 is 27.5 Å². The van der Waals surface area contributed by atoms with Gasteiger partial charge in [-0.05, 0) is 54.3 Å². The van der Waals surface area contributed by atoms with Gasteiger partial charge in [0.2, 0.25) is 0 Å². The van der Waals surface area contributed by atoms with Crippen molar-refractivity contribution >= 4 is 67.4 Å². The van der Waals surface area contributed by atoms with Crippen LogP contribution in [-0.4, -0.2) is 40.6 Å². The van der Waals surface area contributed by atoms with Crippen LogP contribution < -0.4 is 4.90 Å². The van der Waals surface area contributed by atoms with Crippen LogP contribution in [-0.2, 0) is 0 Å². The fraction of sp³-hybridized carbons (Fsp3) is 0.107. The molecule has 0 fully saturated rings. The smallest absolute Gasteiger partial charge is 0.270 e. The Hall–Kier alpha value is -4.08. The summed E-state index contributed by atoms with van der Waals surface area (Å²) in [5.41, 5.74) is 1.84. The summed E-state index contributed by atoms with van der Waals surface area (Å²) in [6, 6.07) is 19.5. The van der Waals surface area contributed by atoms with E-state index in [0.717, 1.165) is 26.4 Å². The predicted octanol–water partition coefficient (Wildman–Crippen LogP) is 6.42. The standard InChI is InChI=1S/C28H19BrClN3O5/c1-16-4-2-5-17(14-16)31(28(36)22-15-18(33(37)38)8-11-24(22)30)12-13-32-26(34)20-7-3-6-19-23(29)10-9-21(25(19)20)27(32)35/h2-11,14-15H,12-13H2,1H3. The maximum atomic E-state index is 13.7. The molecule has 0 bridgehead atoms. The van der Waals surface area contributed by atoms with Gasteiger partial charge in [0.05, 0.1) is 15.5 Å². The molecule has 1 heterocycles. The zero-order valence-corrected chi connectivity index (χ0v) is 22.3. The molecule has 0 saturated heterocycles. The molecular formula is C28H19BrClN3O5. The van der Waals surface area contributed by atoms with Crippen LogP contribution in [0.25, 0.3) is 10.8 Å². The van der Waals surface area contributed by atoms with E-state index >= 15 is 0 Å². The minimum Gasteiger partial charge on any atom is -0.307 e. The highest BCUT2D eigenvalue weighted by molar-refractivity contribution is 9.10. The summed E-state index contributed by atoms with van der Waals surface area (Å²) < 4.78 is 0.775. The molecule has 4 aromatic rings. The summed E-state index contributed by atoms with van der Waals surface area (Å²) in [5, 5.41) is 12.7. The number of carbonyl (C=O) groups is 3. The third-order valence-electron chi connectivity index (χ3n) is 6.44. The maximum Gasteiger partial charge on any atom is 0.270 e. The largest absolute Gasteiger partial charge is 0.307 e. The summed E-state index contributed by atoms with van der Waals surface area (Å²) in [7, 11) is 0. The fourth-order valence-electron chi connectivity index (χ4n) is 4.59. The number of rotatable bonds is 6. The molecule has 1 aliphatic heterocycles. The number of hydrogen-bond acceptors (Lipinski definition) is 5. The first kappa shape index (κ1) is 25.6. The molecule has 4 aromatic carbocycles. The average Bonchev–Trinajstić information content (AvgIpc) is 2.90. The molecule has 10 heteroatoms. The molecule has 5 rings (SSSR count). The van der Waals surface area contributed by atoms with E-state index in [1.807, 2.05) is 19.1 Å². The topological polar surface area (TPSA) is 101 Å². The van der Waals surface area contributed by atoms with E-state index in [1.54, 1.807) is 42.5 Å². The first-order valence-corrected chi connectivity index (χ1v) is 12.7. The summed E-state index contributed by atoms with van der Waals surface area (Å²) in [4.78, 5) is 53.8. The van der Waals surface area contributed by atoms with Crippen molar-refractivity contribution in [1.82, 2.24) is 4.90 Å². The number of imide groups is 1. The summed E-state index contributed by atoms with van der Waals surface area (Å²) in [5.74, 6) is -1.51. The van der Waals surface area contributed by atoms with Crippen LogP contribution in [0.5, 0.6) is 0 Å². The Balaban J connectivity index is 1.51. The van der Waals surface area contributed by atoms with Gasteiger partial charge in [-0.2, -0.15) is 0 Å². The first-order chi connectivity index (χ1) is 18.2. The third kappa shape index (κ3) is 4.44. The second-order valence-corrected chi connectivity index (χ2v) is 10.1. The molecule has 0 aliphatic carbocycles. The van der Waals surface area contributed by atoms with E-state index in [4.69, 9.17) is 11.6 Å². The number of halogens is 2. The van der Waals surface area contributed by atoms with Crippen LogP contribution in [0.2, 0.25) is 5.02 Å². The van der Waals surface area contributed by atoms with Crippen LogP contribution in [0.1, 0.15) is 36.6 Å². The van der Waals surface area contributed by atoms with E-state index in [0.29, 0.717) is 22.2 Å². The number of amides is 3. The van der Waals surface area contributed by atoms with Crippen LogP contribution in [0.4, 0.5) is 11.4 Å². The second kappa shape index (κ2) is 10.00. The maximum absolute atomic E-state index is 13.7. The molecule has 8 nitrogen and oxygen atoms in total. The number of non-ortho nitro benzene ring substituents is 1. The summed E-state index contributed by atoms with van der Waals surface area (Å²) >= 11 is 9.75. The number of nitro benzene ring substituents is 1. The highest BCUT2D eigenvalue weighted by atomic mass is 79.9. The highest BCUT2D eigenvalue weighted by Crippen LogP contribution is 2.34. The normalized spacial score (nSPS) is 12.7. The monoisotopic (exact) mass is 591 g/mol. The van der Waals surface area contributed by atoms with Gasteiger partial charge in [-0.25, -0.2) is 0 Å². The van der Waals surface area contributed by atoms with Gasteiger partial charge in [0.1, 0.15) is 0 Å². The predicted molar refractivity (Wildman–Crippen MR) is 148 cm³/mol. The van der Waals surface area contributed by atoms with Crippen LogP contribution in [0.3, 0.4) is 0 Å². The van der Waals surface area contributed by atoms with Gasteiger partial charge >= 0.3 is 0 Å². The Kier molecular flexibility index (Phi) is 6.73. The molecule has 0 unspecified atom stereocenters. The van der Waals surface area contributed by atoms with Gasteiger partial charge < -0.3 is 4.90 Å². The molecule has 38 heavy (non-hydrogen) atoms. The lowest BCUT2D eigenvalue weighted by atomic mass is 9.94. The Bertz CT molecular complexity index is 1650. The van der Waals surface area contributed by atoms with Crippen molar-refractivity contribution in [2.24, 2.45) is 0 Å². The van der Waals surface area contributed by atoms with Gasteiger partial charge in [0.25, 0.3) is 23.4 Å². The molecule has 0 N–H and O–H groups in total.